The van der Waals surface area contributed by atoms with E-state index in [1.807, 2.05) is 18.2 Å². The fourth-order valence-corrected chi connectivity index (χ4v) is 3.45. The second kappa shape index (κ2) is 6.14. The molecule has 0 amide bonds. The van der Waals surface area contributed by atoms with Crippen LogP contribution in [0.25, 0.3) is 21.5 Å². The summed E-state index contributed by atoms with van der Waals surface area (Å²) in [7, 11) is 0. The maximum Gasteiger partial charge on any atom is 0.223 e. The van der Waals surface area contributed by atoms with Gasteiger partial charge in [0.05, 0.1) is 16.4 Å². The molecule has 0 radical (unpaired) electrons. The molecule has 0 bridgehead atoms. The Kier molecular flexibility index (Phi) is 4.22. The third kappa shape index (κ3) is 2.76. The van der Waals surface area contributed by atoms with Crippen molar-refractivity contribution in [2.24, 2.45) is 0 Å². The van der Waals surface area contributed by atoms with Gasteiger partial charge in [0, 0.05) is 18.7 Å². The highest BCUT2D eigenvalue weighted by Crippen LogP contribution is 2.32. The Morgan fingerprint density at radius 1 is 1.23 bits per heavy atom. The number of anilines is 1. The zero-order valence-electron chi connectivity index (χ0n) is 12.2. The smallest absolute Gasteiger partial charge is 0.223 e. The molecule has 4 nitrogen and oxygen atoms in total. The number of fused-ring (bicyclic) bond motifs is 1. The summed E-state index contributed by atoms with van der Waals surface area (Å²) >= 11 is 7.39. The number of rotatable bonds is 4. The molecule has 1 aromatic carbocycles. The van der Waals surface area contributed by atoms with Gasteiger partial charge in [-0.15, -0.1) is 0 Å². The van der Waals surface area contributed by atoms with E-state index < -0.39 is 5.82 Å². The number of benzene rings is 1. The molecule has 0 aliphatic rings. The van der Waals surface area contributed by atoms with Gasteiger partial charge in [-0.2, -0.15) is 0 Å². The normalized spacial score (nSPS) is 11.1. The van der Waals surface area contributed by atoms with E-state index in [0.29, 0.717) is 5.56 Å². The van der Waals surface area contributed by atoms with Crippen LogP contribution in [0.2, 0.25) is 5.28 Å². The average molecular weight is 337 g/mol. The van der Waals surface area contributed by atoms with E-state index in [1.54, 1.807) is 11.3 Å². The molecule has 2 heterocycles. The first kappa shape index (κ1) is 15.1. The highest BCUT2D eigenvalue weighted by atomic mass is 35.5. The predicted octanol–water partition coefficient (Wildman–Crippen LogP) is 4.39. The average Bonchev–Trinajstić information content (AvgIpc) is 2.93. The molecule has 0 unspecified atom stereocenters. The van der Waals surface area contributed by atoms with Crippen molar-refractivity contribution in [3.8, 4) is 11.3 Å². The molecule has 0 aliphatic carbocycles. The molecule has 7 heteroatoms. The molecule has 2 aromatic heterocycles. The monoisotopic (exact) mass is 336 g/mol. The summed E-state index contributed by atoms with van der Waals surface area (Å²) in [6.45, 7) is 6.00. The van der Waals surface area contributed by atoms with E-state index in [-0.39, 0.29) is 11.0 Å². The lowest BCUT2D eigenvalue weighted by molar-refractivity contribution is 0.618. The van der Waals surface area contributed by atoms with Gasteiger partial charge in [-0.25, -0.2) is 19.3 Å². The molecular weight excluding hydrogens is 323 g/mol. The quantitative estimate of drug-likeness (QED) is 0.662. The van der Waals surface area contributed by atoms with Crippen LogP contribution in [0.3, 0.4) is 0 Å². The molecule has 3 aromatic rings. The van der Waals surface area contributed by atoms with Crippen molar-refractivity contribution in [3.63, 3.8) is 0 Å². The van der Waals surface area contributed by atoms with Crippen LogP contribution in [0.4, 0.5) is 9.52 Å². The zero-order chi connectivity index (χ0) is 15.7. The van der Waals surface area contributed by atoms with E-state index in [0.717, 1.165) is 34.6 Å². The van der Waals surface area contributed by atoms with Crippen molar-refractivity contribution >= 4 is 38.3 Å². The molecule has 0 saturated heterocycles. The molecule has 0 aliphatic heterocycles. The Morgan fingerprint density at radius 2 is 2.00 bits per heavy atom. The standard InChI is InChI=1S/C15H14ClFN4S/c1-3-21(4-2)15-19-11-7-9(5-6-12(11)22-15)13-10(17)8-18-14(16)20-13/h5-8H,3-4H2,1-2H3. The first-order valence-corrected chi connectivity index (χ1v) is 8.15. The van der Waals surface area contributed by atoms with Crippen LogP contribution in [-0.4, -0.2) is 28.0 Å². The highest BCUT2D eigenvalue weighted by Gasteiger charge is 2.13. The van der Waals surface area contributed by atoms with Crippen LogP contribution in [0.15, 0.2) is 24.4 Å². The summed E-state index contributed by atoms with van der Waals surface area (Å²) in [5.41, 5.74) is 1.67. The van der Waals surface area contributed by atoms with Crippen LogP contribution in [0.5, 0.6) is 0 Å². The van der Waals surface area contributed by atoms with Gasteiger partial charge in [0.1, 0.15) is 5.69 Å². The first-order chi connectivity index (χ1) is 10.6. The van der Waals surface area contributed by atoms with Crippen LogP contribution >= 0.6 is 22.9 Å². The fourth-order valence-electron chi connectivity index (χ4n) is 2.24. The first-order valence-electron chi connectivity index (χ1n) is 6.96. The third-order valence-electron chi connectivity index (χ3n) is 3.40. The van der Waals surface area contributed by atoms with Gasteiger partial charge in [0.15, 0.2) is 10.9 Å². The van der Waals surface area contributed by atoms with Gasteiger partial charge in [-0.3, -0.25) is 0 Å². The molecule has 3 rings (SSSR count). The minimum atomic E-state index is -0.497. The van der Waals surface area contributed by atoms with Crippen molar-refractivity contribution < 1.29 is 4.39 Å². The van der Waals surface area contributed by atoms with Crippen LogP contribution in [0.1, 0.15) is 13.8 Å². The maximum absolute atomic E-state index is 13.9. The van der Waals surface area contributed by atoms with Gasteiger partial charge in [-0.05, 0) is 37.6 Å². The molecule has 0 spiro atoms. The lowest BCUT2D eigenvalue weighted by atomic mass is 10.1. The number of thiazole rings is 1. The molecule has 114 valence electrons. The minimum Gasteiger partial charge on any atom is -0.349 e. The SMILES string of the molecule is CCN(CC)c1nc2cc(-c3nc(Cl)ncc3F)ccc2s1. The van der Waals surface area contributed by atoms with Gasteiger partial charge in [-0.1, -0.05) is 17.4 Å². The van der Waals surface area contributed by atoms with E-state index >= 15 is 0 Å². The van der Waals surface area contributed by atoms with Crippen molar-refractivity contribution in [1.29, 1.82) is 0 Å². The lowest BCUT2D eigenvalue weighted by Crippen LogP contribution is -2.21. The maximum atomic E-state index is 13.9. The number of halogens is 2. The summed E-state index contributed by atoms with van der Waals surface area (Å²) in [6.07, 6.45) is 1.08. The topological polar surface area (TPSA) is 41.9 Å². The van der Waals surface area contributed by atoms with Crippen LogP contribution in [-0.2, 0) is 0 Å². The second-order valence-corrected chi connectivity index (χ2v) is 6.03. The molecular formula is C15H14ClFN4S. The molecule has 0 N–H and O–H groups in total. The summed E-state index contributed by atoms with van der Waals surface area (Å²) < 4.78 is 14.9. The van der Waals surface area contributed by atoms with Gasteiger partial charge in [0.2, 0.25) is 5.28 Å². The third-order valence-corrected chi connectivity index (χ3v) is 4.68. The minimum absolute atomic E-state index is 0.0265. The van der Waals surface area contributed by atoms with Crippen molar-refractivity contribution in [2.45, 2.75) is 13.8 Å². The molecule has 0 saturated carbocycles. The number of nitrogens with zero attached hydrogens (tertiary/aromatic N) is 4. The Morgan fingerprint density at radius 3 is 2.73 bits per heavy atom. The summed E-state index contributed by atoms with van der Waals surface area (Å²) in [5, 5.41) is 0.997. The summed E-state index contributed by atoms with van der Waals surface area (Å²) in [4.78, 5) is 14.4. The van der Waals surface area contributed by atoms with E-state index in [9.17, 15) is 4.39 Å². The van der Waals surface area contributed by atoms with Crippen molar-refractivity contribution in [2.75, 3.05) is 18.0 Å². The molecule has 0 atom stereocenters. The summed E-state index contributed by atoms with van der Waals surface area (Å²) in [6, 6.07) is 5.60. The number of hydrogen-bond acceptors (Lipinski definition) is 5. The Hall–Kier alpha value is -1.79. The van der Waals surface area contributed by atoms with Gasteiger partial charge < -0.3 is 4.90 Å². The molecule has 0 fully saturated rings. The number of hydrogen-bond donors (Lipinski definition) is 0. The fraction of sp³-hybridized carbons (Fsp3) is 0.267. The lowest BCUT2D eigenvalue weighted by Gasteiger charge is -2.16. The van der Waals surface area contributed by atoms with E-state index in [4.69, 9.17) is 11.6 Å². The van der Waals surface area contributed by atoms with E-state index in [2.05, 4.69) is 33.7 Å². The predicted molar refractivity (Wildman–Crippen MR) is 89.2 cm³/mol. The van der Waals surface area contributed by atoms with E-state index in [1.165, 1.54) is 0 Å². The Balaban J connectivity index is 2.08. The molecule has 22 heavy (non-hydrogen) atoms. The van der Waals surface area contributed by atoms with Gasteiger partial charge in [0.25, 0.3) is 0 Å². The van der Waals surface area contributed by atoms with Crippen LogP contribution in [0, 0.1) is 5.82 Å². The largest absolute Gasteiger partial charge is 0.349 e. The Labute approximate surface area is 136 Å². The van der Waals surface area contributed by atoms with Crippen LogP contribution < -0.4 is 4.90 Å². The van der Waals surface area contributed by atoms with Crippen molar-refractivity contribution in [3.05, 3.63) is 35.5 Å². The number of aromatic nitrogens is 3. The summed E-state index contributed by atoms with van der Waals surface area (Å²) in [5.74, 6) is -0.497. The zero-order valence-corrected chi connectivity index (χ0v) is 13.7. The second-order valence-electron chi connectivity index (χ2n) is 4.69. The Bertz CT molecular complexity index is 816. The van der Waals surface area contributed by atoms with Crippen molar-refractivity contribution in [1.82, 2.24) is 15.0 Å². The van der Waals surface area contributed by atoms with Gasteiger partial charge >= 0.3 is 0 Å². The highest BCUT2D eigenvalue weighted by molar-refractivity contribution is 7.22.